The molecule has 0 bridgehead atoms. The number of carbonyl (C=O) groups is 2. The molecule has 184 valence electrons. The molecule has 0 unspecified atom stereocenters. The van der Waals surface area contributed by atoms with Crippen LogP contribution in [-0.4, -0.2) is 22.8 Å². The van der Waals surface area contributed by atoms with Gasteiger partial charge in [0.2, 0.25) is 11.7 Å². The Labute approximate surface area is 202 Å². The number of esters is 1. The van der Waals surface area contributed by atoms with Crippen LogP contribution in [0.25, 0.3) is 0 Å². The number of nitro benzene ring substituents is 1. The number of unbranched alkanes of at least 4 members (excludes halogenated alkanes) is 8. The van der Waals surface area contributed by atoms with E-state index in [1.54, 1.807) is 6.07 Å². The van der Waals surface area contributed by atoms with E-state index in [2.05, 4.69) is 12.2 Å². The molecule has 0 aliphatic carbocycles. The lowest BCUT2D eigenvalue weighted by molar-refractivity contribution is -0.385. The van der Waals surface area contributed by atoms with Gasteiger partial charge in [0, 0.05) is 18.9 Å². The van der Waals surface area contributed by atoms with Crippen LogP contribution in [0.5, 0.6) is 5.75 Å². The SMILES string of the molecule is CCCCCCCCCCCC(=O)N[C@H](Cc1ccccc1)C(=O)Oc1ccccc1[N+](=O)[O-]. The summed E-state index contributed by atoms with van der Waals surface area (Å²) in [5.74, 6) is -1.08. The van der Waals surface area contributed by atoms with Crippen LogP contribution >= 0.6 is 0 Å². The zero-order valence-electron chi connectivity index (χ0n) is 20.0. The van der Waals surface area contributed by atoms with Crippen molar-refractivity contribution in [1.82, 2.24) is 5.32 Å². The first kappa shape index (κ1) is 27.0. The van der Waals surface area contributed by atoms with Crippen molar-refractivity contribution in [3.63, 3.8) is 0 Å². The second-order valence-corrected chi connectivity index (χ2v) is 8.53. The molecule has 0 aliphatic heterocycles. The summed E-state index contributed by atoms with van der Waals surface area (Å²) in [6.45, 7) is 2.21. The summed E-state index contributed by atoms with van der Waals surface area (Å²) in [5.41, 5.74) is 0.561. The predicted octanol–water partition coefficient (Wildman–Crippen LogP) is 6.15. The van der Waals surface area contributed by atoms with Crippen molar-refractivity contribution in [2.75, 3.05) is 0 Å². The van der Waals surface area contributed by atoms with Gasteiger partial charge in [0.05, 0.1) is 4.92 Å². The first-order valence-electron chi connectivity index (χ1n) is 12.3. The molecule has 1 atom stereocenters. The van der Waals surface area contributed by atoms with Gasteiger partial charge < -0.3 is 10.1 Å². The minimum Gasteiger partial charge on any atom is -0.418 e. The number of nitrogens with zero attached hydrogens (tertiary/aromatic N) is 1. The van der Waals surface area contributed by atoms with Crippen LogP contribution in [0.15, 0.2) is 54.6 Å². The predicted molar refractivity (Wildman–Crippen MR) is 133 cm³/mol. The summed E-state index contributed by atoms with van der Waals surface area (Å²) in [6, 6.07) is 14.1. The fourth-order valence-corrected chi connectivity index (χ4v) is 3.78. The van der Waals surface area contributed by atoms with E-state index in [4.69, 9.17) is 4.74 Å². The number of rotatable bonds is 16. The van der Waals surface area contributed by atoms with Gasteiger partial charge in [0.25, 0.3) is 0 Å². The van der Waals surface area contributed by atoms with Crippen molar-refractivity contribution in [3.05, 3.63) is 70.3 Å². The molecule has 0 saturated heterocycles. The van der Waals surface area contributed by atoms with Crippen LogP contribution in [0.2, 0.25) is 0 Å². The lowest BCUT2D eigenvalue weighted by atomic mass is 10.0. The van der Waals surface area contributed by atoms with Crippen molar-refractivity contribution in [2.24, 2.45) is 0 Å². The maximum absolute atomic E-state index is 12.9. The first-order valence-corrected chi connectivity index (χ1v) is 12.3. The van der Waals surface area contributed by atoms with Crippen LogP contribution < -0.4 is 10.1 Å². The molecule has 7 heteroatoms. The maximum Gasteiger partial charge on any atom is 0.334 e. The van der Waals surface area contributed by atoms with Crippen molar-refractivity contribution in [2.45, 2.75) is 83.6 Å². The Morgan fingerprint density at radius 3 is 2.12 bits per heavy atom. The Morgan fingerprint density at radius 2 is 1.47 bits per heavy atom. The van der Waals surface area contributed by atoms with Gasteiger partial charge in [-0.2, -0.15) is 0 Å². The number of carbonyl (C=O) groups excluding carboxylic acids is 2. The van der Waals surface area contributed by atoms with E-state index < -0.39 is 16.9 Å². The van der Waals surface area contributed by atoms with Gasteiger partial charge in [0.1, 0.15) is 6.04 Å². The average Bonchev–Trinajstić information content (AvgIpc) is 2.83. The lowest BCUT2D eigenvalue weighted by Crippen LogP contribution is -2.44. The molecular weight excluding hydrogens is 432 g/mol. The highest BCUT2D eigenvalue weighted by molar-refractivity contribution is 5.86. The van der Waals surface area contributed by atoms with Crippen molar-refractivity contribution in [3.8, 4) is 5.75 Å². The summed E-state index contributed by atoms with van der Waals surface area (Å²) in [4.78, 5) is 36.1. The Morgan fingerprint density at radius 1 is 0.882 bits per heavy atom. The molecule has 0 saturated carbocycles. The van der Waals surface area contributed by atoms with Gasteiger partial charge in [-0.1, -0.05) is 101 Å². The average molecular weight is 469 g/mol. The Kier molecular flexibility index (Phi) is 12.4. The molecule has 1 N–H and O–H groups in total. The molecule has 0 aromatic heterocycles. The third-order valence-corrected chi connectivity index (χ3v) is 5.68. The Balaban J connectivity index is 1.89. The van der Waals surface area contributed by atoms with Gasteiger partial charge in [0.15, 0.2) is 0 Å². The van der Waals surface area contributed by atoms with Crippen LogP contribution in [-0.2, 0) is 16.0 Å². The Hall–Kier alpha value is -3.22. The molecule has 2 aromatic carbocycles. The Bertz CT molecular complexity index is 901. The lowest BCUT2D eigenvalue weighted by Gasteiger charge is -2.18. The van der Waals surface area contributed by atoms with E-state index in [9.17, 15) is 19.7 Å². The molecule has 0 fully saturated rings. The van der Waals surface area contributed by atoms with E-state index in [0.29, 0.717) is 6.42 Å². The molecule has 2 rings (SSSR count). The quantitative estimate of drug-likeness (QED) is 0.105. The summed E-state index contributed by atoms with van der Waals surface area (Å²) >= 11 is 0. The maximum atomic E-state index is 12.9. The van der Waals surface area contributed by atoms with Gasteiger partial charge >= 0.3 is 11.7 Å². The van der Waals surface area contributed by atoms with Crippen LogP contribution in [0.1, 0.15) is 76.7 Å². The topological polar surface area (TPSA) is 98.5 Å². The van der Waals surface area contributed by atoms with Gasteiger partial charge in [-0.05, 0) is 18.1 Å². The first-order chi connectivity index (χ1) is 16.5. The monoisotopic (exact) mass is 468 g/mol. The number of ether oxygens (including phenoxy) is 1. The summed E-state index contributed by atoms with van der Waals surface area (Å²) < 4.78 is 5.34. The zero-order valence-corrected chi connectivity index (χ0v) is 20.0. The summed E-state index contributed by atoms with van der Waals surface area (Å²) in [5, 5.41) is 14.0. The van der Waals surface area contributed by atoms with Gasteiger partial charge in [-0.15, -0.1) is 0 Å². The highest BCUT2D eigenvalue weighted by Gasteiger charge is 2.26. The van der Waals surface area contributed by atoms with Crippen molar-refractivity contribution >= 4 is 17.6 Å². The fourth-order valence-electron chi connectivity index (χ4n) is 3.78. The smallest absolute Gasteiger partial charge is 0.334 e. The normalized spacial score (nSPS) is 11.6. The standard InChI is InChI=1S/C27H36N2O5/c1-2-3-4-5-6-7-8-9-13-20-26(30)28-23(21-22-16-11-10-12-17-22)27(31)34-25-19-15-14-18-24(25)29(32)33/h10-12,14-19,23H,2-9,13,20-21H2,1H3,(H,28,30)/t23-/m1/s1. The highest BCUT2D eigenvalue weighted by atomic mass is 16.6. The van der Waals surface area contributed by atoms with Crippen molar-refractivity contribution in [1.29, 1.82) is 0 Å². The summed E-state index contributed by atoms with van der Waals surface area (Å²) in [6.07, 6.45) is 11.0. The van der Waals surface area contributed by atoms with E-state index in [1.807, 2.05) is 30.3 Å². The zero-order chi connectivity index (χ0) is 24.6. The molecule has 1 amide bonds. The van der Waals surface area contributed by atoms with E-state index in [0.717, 1.165) is 24.8 Å². The molecule has 34 heavy (non-hydrogen) atoms. The number of para-hydroxylation sites is 2. The molecule has 0 aliphatic rings. The molecule has 7 nitrogen and oxygen atoms in total. The van der Waals surface area contributed by atoms with Gasteiger partial charge in [-0.25, -0.2) is 4.79 Å². The number of benzene rings is 2. The second kappa shape index (κ2) is 15.6. The number of hydrogen-bond acceptors (Lipinski definition) is 5. The molecule has 0 spiro atoms. The third-order valence-electron chi connectivity index (χ3n) is 5.68. The van der Waals surface area contributed by atoms with Crippen LogP contribution in [0, 0.1) is 10.1 Å². The van der Waals surface area contributed by atoms with Crippen molar-refractivity contribution < 1.29 is 19.2 Å². The van der Waals surface area contributed by atoms with E-state index in [1.165, 1.54) is 56.7 Å². The molecular formula is C27H36N2O5. The highest BCUT2D eigenvalue weighted by Crippen LogP contribution is 2.26. The van der Waals surface area contributed by atoms with E-state index in [-0.39, 0.29) is 23.8 Å². The van der Waals surface area contributed by atoms with Crippen LogP contribution in [0.4, 0.5) is 5.69 Å². The minimum absolute atomic E-state index is 0.135. The third kappa shape index (κ3) is 10.1. The fraction of sp³-hybridized carbons (Fsp3) is 0.481. The number of amides is 1. The largest absolute Gasteiger partial charge is 0.418 e. The van der Waals surface area contributed by atoms with Gasteiger partial charge in [-0.3, -0.25) is 14.9 Å². The molecule has 0 heterocycles. The number of hydrogen-bond donors (Lipinski definition) is 1. The van der Waals surface area contributed by atoms with Crippen LogP contribution in [0.3, 0.4) is 0 Å². The van der Waals surface area contributed by atoms with E-state index >= 15 is 0 Å². The second-order valence-electron chi connectivity index (χ2n) is 8.53. The summed E-state index contributed by atoms with van der Waals surface area (Å²) in [7, 11) is 0. The molecule has 2 aromatic rings. The number of nitrogens with one attached hydrogen (secondary N) is 1. The minimum atomic E-state index is -0.937. The number of nitro groups is 1. The molecule has 0 radical (unpaired) electrons.